The van der Waals surface area contributed by atoms with Gasteiger partial charge in [-0.25, -0.2) is 4.98 Å². The number of nitrogens with two attached hydrogens (primary N) is 2. The fourth-order valence-corrected chi connectivity index (χ4v) is 4.82. The molecule has 5 rings (SSSR count). The van der Waals surface area contributed by atoms with Crippen LogP contribution in [0.3, 0.4) is 0 Å². The number of para-hydroxylation sites is 1. The molecule has 2 fully saturated rings. The highest BCUT2D eigenvalue weighted by molar-refractivity contribution is 5.74. The highest BCUT2D eigenvalue weighted by Gasteiger charge is 2.40. The third kappa shape index (κ3) is 4.15. The summed E-state index contributed by atoms with van der Waals surface area (Å²) < 4.78 is 0. The second kappa shape index (κ2) is 8.60. The molecule has 0 spiro atoms. The lowest BCUT2D eigenvalue weighted by atomic mass is 10.1. The maximum absolute atomic E-state index is 10.2. The second-order valence-electron chi connectivity index (χ2n) is 8.67. The Kier molecular flexibility index (Phi) is 5.48. The van der Waals surface area contributed by atoms with Gasteiger partial charge in [-0.15, -0.1) is 10.2 Å². The van der Waals surface area contributed by atoms with Gasteiger partial charge in [0.1, 0.15) is 11.4 Å². The predicted molar refractivity (Wildman–Crippen MR) is 130 cm³/mol. The van der Waals surface area contributed by atoms with Crippen molar-refractivity contribution in [1.29, 1.82) is 0 Å². The van der Waals surface area contributed by atoms with Crippen LogP contribution < -0.4 is 21.3 Å². The Morgan fingerprint density at radius 1 is 1.09 bits per heavy atom. The summed E-state index contributed by atoms with van der Waals surface area (Å²) in [7, 11) is 0. The molecule has 8 nitrogen and oxygen atoms in total. The predicted octanol–water partition coefficient (Wildman–Crippen LogP) is 2.38. The van der Waals surface area contributed by atoms with E-state index < -0.39 is 0 Å². The number of aromatic hydroxyl groups is 1. The number of piperazine rings is 1. The summed E-state index contributed by atoms with van der Waals surface area (Å²) in [5, 5.41) is 18.7. The smallest absolute Gasteiger partial charge is 0.169 e. The molecule has 33 heavy (non-hydrogen) atoms. The van der Waals surface area contributed by atoms with E-state index in [1.807, 2.05) is 31.3 Å². The van der Waals surface area contributed by atoms with Crippen LogP contribution in [0.2, 0.25) is 0 Å². The van der Waals surface area contributed by atoms with Crippen molar-refractivity contribution in [2.45, 2.75) is 37.9 Å². The number of fused-ring (bicyclic) bond motifs is 2. The topological polar surface area (TPSA) is 117 Å². The van der Waals surface area contributed by atoms with Gasteiger partial charge in [0.15, 0.2) is 5.82 Å². The average molecular weight is 442 g/mol. The fraction of sp³-hybridized carbons (Fsp3) is 0.320. The maximum atomic E-state index is 10.2. The van der Waals surface area contributed by atoms with Gasteiger partial charge in [-0.05, 0) is 56.0 Å². The van der Waals surface area contributed by atoms with Gasteiger partial charge in [0.05, 0.1) is 17.4 Å². The zero-order valence-corrected chi connectivity index (χ0v) is 18.5. The van der Waals surface area contributed by atoms with Crippen LogP contribution in [0.5, 0.6) is 5.75 Å². The summed E-state index contributed by atoms with van der Waals surface area (Å²) in [5.74, 6) is 6.62. The largest absolute Gasteiger partial charge is 0.507 e. The SMILES string of the molecule is CC(N)C#Cc1cc(N2C3CCC2CN(c2cc(-c4ccccc4O)nnc2N)C3)ccn1. The van der Waals surface area contributed by atoms with Crippen molar-refractivity contribution in [2.75, 3.05) is 28.6 Å². The van der Waals surface area contributed by atoms with Crippen molar-refractivity contribution in [3.63, 3.8) is 0 Å². The monoisotopic (exact) mass is 441 g/mol. The number of benzene rings is 1. The first-order valence-electron chi connectivity index (χ1n) is 11.2. The molecule has 3 aromatic rings. The normalized spacial score (nSPS) is 20.3. The molecule has 0 aliphatic carbocycles. The molecule has 2 aromatic heterocycles. The lowest BCUT2D eigenvalue weighted by molar-refractivity contribution is 0.477. The van der Waals surface area contributed by atoms with Crippen LogP contribution in [0.1, 0.15) is 25.5 Å². The van der Waals surface area contributed by atoms with Crippen LogP contribution in [0, 0.1) is 11.8 Å². The first-order valence-corrected chi connectivity index (χ1v) is 11.2. The van der Waals surface area contributed by atoms with Crippen molar-refractivity contribution < 1.29 is 5.11 Å². The standard InChI is InChI=1S/C25H27N7O/c1-16(26)6-7-17-12-18(10-11-28-17)32-19-8-9-20(32)15-31(14-19)23-13-22(29-30-25(23)27)21-4-2-3-5-24(21)33/h2-5,10-13,16,19-20,33H,8-9,14-15,26H2,1H3,(H2,27,30). The molecule has 0 amide bonds. The van der Waals surface area contributed by atoms with Crippen LogP contribution >= 0.6 is 0 Å². The molecule has 2 saturated heterocycles. The van der Waals surface area contributed by atoms with Crippen LogP contribution in [-0.4, -0.2) is 51.5 Å². The third-order valence-corrected chi connectivity index (χ3v) is 6.27. The number of nitrogens with zero attached hydrogens (tertiary/aromatic N) is 5. The van der Waals surface area contributed by atoms with E-state index in [4.69, 9.17) is 11.5 Å². The molecule has 168 valence electrons. The third-order valence-electron chi connectivity index (χ3n) is 6.27. The van der Waals surface area contributed by atoms with E-state index in [0.717, 1.165) is 43.0 Å². The van der Waals surface area contributed by atoms with Crippen molar-refractivity contribution in [3.8, 4) is 28.8 Å². The Balaban J connectivity index is 1.41. The first-order chi connectivity index (χ1) is 16.0. The molecule has 0 saturated carbocycles. The molecule has 1 aromatic carbocycles. The summed E-state index contributed by atoms with van der Waals surface area (Å²) in [5.41, 5.74) is 16.0. The lowest BCUT2D eigenvalue weighted by Crippen LogP contribution is -2.54. The summed E-state index contributed by atoms with van der Waals surface area (Å²) in [4.78, 5) is 9.16. The van der Waals surface area contributed by atoms with E-state index in [1.54, 1.807) is 12.1 Å². The molecule has 4 heterocycles. The van der Waals surface area contributed by atoms with Crippen molar-refractivity contribution >= 4 is 17.2 Å². The quantitative estimate of drug-likeness (QED) is 0.531. The minimum atomic E-state index is -0.183. The first kappa shape index (κ1) is 21.0. The lowest BCUT2D eigenvalue weighted by Gasteiger charge is -2.43. The number of nitrogen functional groups attached to an aromatic ring is 1. The van der Waals surface area contributed by atoms with Crippen LogP contribution in [-0.2, 0) is 0 Å². The Labute approximate surface area is 193 Å². The number of pyridine rings is 1. The number of aromatic nitrogens is 3. The zero-order valence-electron chi connectivity index (χ0n) is 18.5. The van der Waals surface area contributed by atoms with Gasteiger partial charge in [0.2, 0.25) is 0 Å². The fourth-order valence-electron chi connectivity index (χ4n) is 4.82. The molecule has 5 N–H and O–H groups in total. The highest BCUT2D eigenvalue weighted by Crippen LogP contribution is 2.38. The molecule has 2 bridgehead atoms. The summed E-state index contributed by atoms with van der Waals surface area (Å²) in [6.45, 7) is 3.52. The number of phenolic OH excluding ortho intramolecular Hbond substituents is 1. The van der Waals surface area contributed by atoms with Gasteiger partial charge < -0.3 is 26.4 Å². The van der Waals surface area contributed by atoms with Crippen LogP contribution in [0.4, 0.5) is 17.2 Å². The van der Waals surface area contributed by atoms with Crippen LogP contribution in [0.25, 0.3) is 11.3 Å². The zero-order chi connectivity index (χ0) is 22.9. The minimum absolute atomic E-state index is 0.174. The summed E-state index contributed by atoms with van der Waals surface area (Å²) in [6.07, 6.45) is 4.03. The Morgan fingerprint density at radius 2 is 1.85 bits per heavy atom. The van der Waals surface area contributed by atoms with Gasteiger partial charge in [0, 0.05) is 42.6 Å². The molecule has 2 aliphatic rings. The van der Waals surface area contributed by atoms with Crippen molar-refractivity contribution in [2.24, 2.45) is 5.73 Å². The number of anilines is 3. The van der Waals surface area contributed by atoms with Gasteiger partial charge in [-0.2, -0.15) is 0 Å². The van der Waals surface area contributed by atoms with E-state index >= 15 is 0 Å². The van der Waals surface area contributed by atoms with Gasteiger partial charge in [0.25, 0.3) is 0 Å². The number of hydrogen-bond donors (Lipinski definition) is 3. The average Bonchev–Trinajstić information content (AvgIpc) is 3.08. The summed E-state index contributed by atoms with van der Waals surface area (Å²) >= 11 is 0. The van der Waals surface area contributed by atoms with Crippen LogP contribution in [0.15, 0.2) is 48.7 Å². The molecule has 3 atom stereocenters. The molecule has 8 heteroatoms. The number of rotatable bonds is 3. The molecular formula is C25H27N7O. The molecule has 3 unspecified atom stereocenters. The highest BCUT2D eigenvalue weighted by atomic mass is 16.3. The molecule has 0 radical (unpaired) electrons. The Morgan fingerprint density at radius 3 is 2.58 bits per heavy atom. The second-order valence-corrected chi connectivity index (χ2v) is 8.67. The van der Waals surface area contributed by atoms with Gasteiger partial charge in [-0.1, -0.05) is 18.1 Å². The van der Waals surface area contributed by atoms with Crippen molar-refractivity contribution in [1.82, 2.24) is 15.2 Å². The Bertz CT molecular complexity index is 1220. The molecule has 2 aliphatic heterocycles. The van der Waals surface area contributed by atoms with E-state index in [2.05, 4.69) is 49.0 Å². The van der Waals surface area contributed by atoms with E-state index in [1.165, 1.54) is 0 Å². The minimum Gasteiger partial charge on any atom is -0.507 e. The number of phenols is 1. The summed E-state index contributed by atoms with van der Waals surface area (Å²) in [6, 6.07) is 13.7. The van der Waals surface area contributed by atoms with E-state index in [-0.39, 0.29) is 11.8 Å². The van der Waals surface area contributed by atoms with Gasteiger partial charge >= 0.3 is 0 Å². The van der Waals surface area contributed by atoms with E-state index in [0.29, 0.717) is 29.2 Å². The Hall–Kier alpha value is -3.83. The van der Waals surface area contributed by atoms with Crippen molar-refractivity contribution in [3.05, 3.63) is 54.4 Å². The number of hydrogen-bond acceptors (Lipinski definition) is 8. The molecular weight excluding hydrogens is 414 g/mol. The van der Waals surface area contributed by atoms with Gasteiger partial charge in [-0.3, -0.25) is 0 Å². The van der Waals surface area contributed by atoms with E-state index in [9.17, 15) is 5.11 Å². The maximum Gasteiger partial charge on any atom is 0.169 e.